The largest absolute Gasteiger partial charge is 0.349 e. The van der Waals surface area contributed by atoms with Gasteiger partial charge in [0.25, 0.3) is 0 Å². The standard InChI is InChI=1S/C14H20ClNO/c1-4-12-5-7-13(8-6-12)11(3)16-14(17)10(2)9-15/h5-8,10-11H,4,9H2,1-3H3,(H,16,17). The Kier molecular flexibility index (Phi) is 5.49. The van der Waals surface area contributed by atoms with Crippen molar-refractivity contribution in [2.75, 3.05) is 5.88 Å². The van der Waals surface area contributed by atoms with Gasteiger partial charge in [0.2, 0.25) is 5.91 Å². The first-order valence-electron chi connectivity index (χ1n) is 6.03. The molecule has 2 nitrogen and oxygen atoms in total. The summed E-state index contributed by atoms with van der Waals surface area (Å²) in [5, 5.41) is 2.96. The van der Waals surface area contributed by atoms with Crippen LogP contribution in [0.15, 0.2) is 24.3 Å². The number of carbonyl (C=O) groups excluding carboxylic acids is 1. The SMILES string of the molecule is CCc1ccc(C(C)NC(=O)C(C)CCl)cc1. The number of alkyl halides is 1. The molecule has 1 N–H and O–H groups in total. The number of aryl methyl sites for hydroxylation is 1. The van der Waals surface area contributed by atoms with Crippen molar-refractivity contribution < 1.29 is 4.79 Å². The molecule has 0 aliphatic rings. The van der Waals surface area contributed by atoms with Crippen molar-refractivity contribution in [3.63, 3.8) is 0 Å². The summed E-state index contributed by atoms with van der Waals surface area (Å²) in [6.07, 6.45) is 1.03. The molecule has 2 unspecified atom stereocenters. The molecule has 1 amide bonds. The molecule has 3 heteroatoms. The van der Waals surface area contributed by atoms with Gasteiger partial charge < -0.3 is 5.32 Å². The number of benzene rings is 1. The van der Waals surface area contributed by atoms with Gasteiger partial charge in [-0.3, -0.25) is 4.79 Å². The summed E-state index contributed by atoms with van der Waals surface area (Å²) in [6.45, 7) is 5.94. The lowest BCUT2D eigenvalue weighted by Gasteiger charge is -2.17. The van der Waals surface area contributed by atoms with Crippen LogP contribution in [0.5, 0.6) is 0 Å². The Morgan fingerprint density at radius 3 is 2.35 bits per heavy atom. The van der Waals surface area contributed by atoms with Gasteiger partial charge in [0.15, 0.2) is 0 Å². The zero-order valence-electron chi connectivity index (χ0n) is 10.7. The Hall–Kier alpha value is -1.02. The Labute approximate surface area is 108 Å². The number of amides is 1. The van der Waals surface area contributed by atoms with Crippen molar-refractivity contribution in [2.45, 2.75) is 33.2 Å². The fourth-order valence-corrected chi connectivity index (χ4v) is 1.69. The molecule has 0 saturated heterocycles. The molecular weight excluding hydrogens is 234 g/mol. The smallest absolute Gasteiger partial charge is 0.224 e. The van der Waals surface area contributed by atoms with E-state index in [1.54, 1.807) is 0 Å². The van der Waals surface area contributed by atoms with Gasteiger partial charge in [-0.2, -0.15) is 0 Å². The summed E-state index contributed by atoms with van der Waals surface area (Å²) in [6, 6.07) is 8.36. The van der Waals surface area contributed by atoms with Crippen LogP contribution in [0.1, 0.15) is 37.9 Å². The average Bonchev–Trinajstić information content (AvgIpc) is 2.37. The third-order valence-electron chi connectivity index (χ3n) is 2.93. The van der Waals surface area contributed by atoms with E-state index in [-0.39, 0.29) is 17.9 Å². The predicted octanol–water partition coefficient (Wildman–Crippen LogP) is 3.30. The van der Waals surface area contributed by atoms with Crippen LogP contribution in [-0.2, 0) is 11.2 Å². The van der Waals surface area contributed by atoms with Crippen LogP contribution in [0.3, 0.4) is 0 Å². The van der Waals surface area contributed by atoms with E-state index in [1.165, 1.54) is 5.56 Å². The summed E-state index contributed by atoms with van der Waals surface area (Å²) < 4.78 is 0. The minimum Gasteiger partial charge on any atom is -0.349 e. The Morgan fingerprint density at radius 1 is 1.29 bits per heavy atom. The minimum atomic E-state index is -0.144. The zero-order valence-corrected chi connectivity index (χ0v) is 11.4. The highest BCUT2D eigenvalue weighted by atomic mass is 35.5. The number of nitrogens with one attached hydrogen (secondary N) is 1. The fraction of sp³-hybridized carbons (Fsp3) is 0.500. The summed E-state index contributed by atoms with van der Waals surface area (Å²) in [5.74, 6) is 0.217. The lowest BCUT2D eigenvalue weighted by molar-refractivity contribution is -0.124. The van der Waals surface area contributed by atoms with E-state index in [4.69, 9.17) is 11.6 Å². The maximum atomic E-state index is 11.7. The monoisotopic (exact) mass is 253 g/mol. The van der Waals surface area contributed by atoms with Gasteiger partial charge in [-0.25, -0.2) is 0 Å². The molecule has 0 bridgehead atoms. The van der Waals surface area contributed by atoms with Gasteiger partial charge in [-0.15, -0.1) is 11.6 Å². The van der Waals surface area contributed by atoms with Crippen LogP contribution < -0.4 is 5.32 Å². The van der Waals surface area contributed by atoms with Crippen molar-refractivity contribution in [3.05, 3.63) is 35.4 Å². The second kappa shape index (κ2) is 6.65. The summed E-state index contributed by atoms with van der Waals surface area (Å²) >= 11 is 5.66. The zero-order chi connectivity index (χ0) is 12.8. The number of rotatable bonds is 5. The molecule has 1 aromatic rings. The number of hydrogen-bond acceptors (Lipinski definition) is 1. The third kappa shape index (κ3) is 4.04. The van der Waals surface area contributed by atoms with Crippen molar-refractivity contribution in [3.8, 4) is 0 Å². The Balaban J connectivity index is 2.63. The molecule has 0 fully saturated rings. The van der Waals surface area contributed by atoms with Gasteiger partial charge >= 0.3 is 0 Å². The molecule has 0 aromatic heterocycles. The quantitative estimate of drug-likeness (QED) is 0.802. The second-order valence-corrected chi connectivity index (χ2v) is 4.69. The lowest BCUT2D eigenvalue weighted by Crippen LogP contribution is -2.32. The third-order valence-corrected chi connectivity index (χ3v) is 3.39. The first-order valence-corrected chi connectivity index (χ1v) is 6.57. The molecule has 17 heavy (non-hydrogen) atoms. The minimum absolute atomic E-state index is 0.00654. The number of halogens is 1. The molecule has 0 saturated carbocycles. The molecule has 1 aromatic carbocycles. The Morgan fingerprint density at radius 2 is 1.88 bits per heavy atom. The highest BCUT2D eigenvalue weighted by Crippen LogP contribution is 2.14. The van der Waals surface area contributed by atoms with E-state index in [9.17, 15) is 4.79 Å². The molecular formula is C14H20ClNO. The van der Waals surface area contributed by atoms with Crippen LogP contribution in [0, 0.1) is 5.92 Å². The van der Waals surface area contributed by atoms with Gasteiger partial charge in [0.1, 0.15) is 0 Å². The van der Waals surface area contributed by atoms with Crippen molar-refractivity contribution in [2.24, 2.45) is 5.92 Å². The molecule has 1 rings (SSSR count). The van der Waals surface area contributed by atoms with Gasteiger partial charge in [-0.05, 0) is 24.5 Å². The number of carbonyl (C=O) groups is 1. The highest BCUT2D eigenvalue weighted by molar-refractivity contribution is 6.19. The normalized spacial score (nSPS) is 14.1. The van der Waals surface area contributed by atoms with Crippen LogP contribution in [0.4, 0.5) is 0 Å². The first kappa shape index (κ1) is 14.0. The van der Waals surface area contributed by atoms with Gasteiger partial charge in [0.05, 0.1) is 6.04 Å². The van der Waals surface area contributed by atoms with Gasteiger partial charge in [-0.1, -0.05) is 38.1 Å². The summed E-state index contributed by atoms with van der Waals surface area (Å²) in [5.41, 5.74) is 2.43. The molecule has 2 atom stereocenters. The van der Waals surface area contributed by atoms with Crippen molar-refractivity contribution in [1.29, 1.82) is 0 Å². The number of hydrogen-bond donors (Lipinski definition) is 1. The maximum absolute atomic E-state index is 11.7. The molecule has 0 spiro atoms. The van der Waals surface area contributed by atoms with Crippen LogP contribution >= 0.6 is 11.6 Å². The molecule has 0 aliphatic heterocycles. The average molecular weight is 254 g/mol. The highest BCUT2D eigenvalue weighted by Gasteiger charge is 2.14. The van der Waals surface area contributed by atoms with Crippen molar-refractivity contribution in [1.82, 2.24) is 5.32 Å². The fourth-order valence-electron chi connectivity index (χ4n) is 1.55. The van der Waals surface area contributed by atoms with E-state index in [2.05, 4.69) is 36.5 Å². The Bertz CT molecular complexity index is 361. The van der Waals surface area contributed by atoms with Gasteiger partial charge in [0, 0.05) is 11.8 Å². The van der Waals surface area contributed by atoms with Crippen LogP contribution in [0.2, 0.25) is 0 Å². The topological polar surface area (TPSA) is 29.1 Å². The molecule has 94 valence electrons. The van der Waals surface area contributed by atoms with E-state index in [1.807, 2.05) is 13.8 Å². The summed E-state index contributed by atoms with van der Waals surface area (Å²) in [7, 11) is 0. The maximum Gasteiger partial charge on any atom is 0.224 e. The second-order valence-electron chi connectivity index (χ2n) is 4.38. The van der Waals surface area contributed by atoms with E-state index in [0.29, 0.717) is 5.88 Å². The lowest BCUT2D eigenvalue weighted by atomic mass is 10.0. The predicted molar refractivity (Wildman–Crippen MR) is 72.3 cm³/mol. The van der Waals surface area contributed by atoms with Crippen LogP contribution in [-0.4, -0.2) is 11.8 Å². The molecule has 0 aliphatic carbocycles. The van der Waals surface area contributed by atoms with E-state index < -0.39 is 0 Å². The van der Waals surface area contributed by atoms with E-state index in [0.717, 1.165) is 12.0 Å². The van der Waals surface area contributed by atoms with E-state index >= 15 is 0 Å². The van der Waals surface area contributed by atoms with Crippen molar-refractivity contribution >= 4 is 17.5 Å². The molecule has 0 heterocycles. The van der Waals surface area contributed by atoms with Crippen LogP contribution in [0.25, 0.3) is 0 Å². The summed E-state index contributed by atoms with van der Waals surface area (Å²) in [4.78, 5) is 11.7. The first-order chi connectivity index (χ1) is 8.08. The molecule has 0 radical (unpaired) electrons.